The van der Waals surface area contributed by atoms with Gasteiger partial charge in [-0.05, 0) is 74.8 Å². The second kappa shape index (κ2) is 7.31. The summed E-state index contributed by atoms with van der Waals surface area (Å²) in [6.07, 6.45) is 6.41. The lowest BCUT2D eigenvalue weighted by Gasteiger charge is -2.58. The van der Waals surface area contributed by atoms with Crippen LogP contribution in [0.1, 0.15) is 44.9 Å². The third-order valence-corrected chi connectivity index (χ3v) is 7.77. The molecule has 1 saturated heterocycles. The quantitative estimate of drug-likeness (QED) is 0.733. The second-order valence-electron chi connectivity index (χ2n) is 9.80. The summed E-state index contributed by atoms with van der Waals surface area (Å²) in [5, 5.41) is 16.7. The maximum absolute atomic E-state index is 13.3. The van der Waals surface area contributed by atoms with E-state index in [9.17, 15) is 14.7 Å². The van der Waals surface area contributed by atoms with Crippen LogP contribution in [0.5, 0.6) is 0 Å². The van der Waals surface area contributed by atoms with E-state index in [1.165, 1.54) is 0 Å². The molecular weight excluding hydrogens is 366 g/mol. The van der Waals surface area contributed by atoms with Crippen molar-refractivity contribution in [2.45, 2.75) is 57.1 Å². The van der Waals surface area contributed by atoms with Gasteiger partial charge in [0.2, 0.25) is 5.91 Å². The number of rotatable bonds is 3. The number of benzene rings is 1. The Labute approximate surface area is 172 Å². The van der Waals surface area contributed by atoms with Gasteiger partial charge in [-0.1, -0.05) is 18.2 Å². The van der Waals surface area contributed by atoms with Crippen molar-refractivity contribution < 1.29 is 14.7 Å². The van der Waals surface area contributed by atoms with Gasteiger partial charge in [0.1, 0.15) is 0 Å². The fourth-order valence-corrected chi connectivity index (χ4v) is 6.62. The first-order chi connectivity index (χ1) is 14.0. The first-order valence-corrected chi connectivity index (χ1v) is 11.1. The van der Waals surface area contributed by atoms with Crippen molar-refractivity contribution >= 4 is 17.6 Å². The summed E-state index contributed by atoms with van der Waals surface area (Å²) in [6.45, 7) is 1.27. The van der Waals surface area contributed by atoms with Gasteiger partial charge >= 0.3 is 6.03 Å². The van der Waals surface area contributed by atoms with E-state index in [1.807, 2.05) is 35.2 Å². The van der Waals surface area contributed by atoms with Crippen molar-refractivity contribution in [3.8, 4) is 0 Å². The average molecular weight is 398 g/mol. The van der Waals surface area contributed by atoms with Gasteiger partial charge in [-0.25, -0.2) is 4.79 Å². The van der Waals surface area contributed by atoms with Crippen molar-refractivity contribution in [2.75, 3.05) is 18.4 Å². The van der Waals surface area contributed by atoms with Crippen LogP contribution in [-0.2, 0) is 4.79 Å². The number of amides is 3. The fourth-order valence-electron chi connectivity index (χ4n) is 6.62. The zero-order valence-corrected chi connectivity index (χ0v) is 16.8. The van der Waals surface area contributed by atoms with Crippen LogP contribution in [0.15, 0.2) is 30.3 Å². The Morgan fingerprint density at radius 1 is 1.07 bits per heavy atom. The highest BCUT2D eigenvalue weighted by atomic mass is 16.3. The summed E-state index contributed by atoms with van der Waals surface area (Å²) in [5.74, 6) is 1.36. The number of piperidine rings is 1. The lowest BCUT2D eigenvalue weighted by molar-refractivity contribution is -0.163. The van der Waals surface area contributed by atoms with Crippen LogP contribution < -0.4 is 10.6 Å². The number of anilines is 1. The summed E-state index contributed by atoms with van der Waals surface area (Å²) in [4.78, 5) is 27.8. The fraction of sp³-hybridized carbons (Fsp3) is 0.652. The van der Waals surface area contributed by atoms with Gasteiger partial charge in [-0.15, -0.1) is 0 Å². The minimum absolute atomic E-state index is 0.00991. The van der Waals surface area contributed by atoms with Crippen LogP contribution in [0.3, 0.4) is 0 Å². The summed E-state index contributed by atoms with van der Waals surface area (Å²) in [6, 6.07) is 9.38. The van der Waals surface area contributed by atoms with Gasteiger partial charge in [0.15, 0.2) is 0 Å². The first kappa shape index (κ1) is 18.9. The van der Waals surface area contributed by atoms with E-state index in [2.05, 4.69) is 10.6 Å². The molecular formula is C23H31N3O3. The number of hydrogen-bond acceptors (Lipinski definition) is 3. The number of hydrogen-bond donors (Lipinski definition) is 3. The normalized spacial score (nSPS) is 38.0. The topological polar surface area (TPSA) is 81.7 Å². The number of likely N-dealkylation sites (tertiary alicyclic amines) is 1. The van der Waals surface area contributed by atoms with Gasteiger partial charge in [-0.3, -0.25) is 4.79 Å². The number of aliphatic hydroxyl groups is 1. The van der Waals surface area contributed by atoms with Gasteiger partial charge in [0.05, 0.1) is 11.5 Å². The van der Waals surface area contributed by atoms with Crippen LogP contribution in [0.4, 0.5) is 10.5 Å². The molecule has 3 atom stereocenters. The maximum Gasteiger partial charge on any atom is 0.321 e. The third-order valence-electron chi connectivity index (χ3n) is 7.77. The van der Waals surface area contributed by atoms with Crippen molar-refractivity contribution in [3.05, 3.63) is 30.3 Å². The lowest BCUT2D eigenvalue weighted by atomic mass is 9.48. The molecule has 4 bridgehead atoms. The van der Waals surface area contributed by atoms with Crippen LogP contribution in [0, 0.1) is 23.2 Å². The molecule has 0 aromatic heterocycles. The van der Waals surface area contributed by atoms with Crippen LogP contribution in [0.25, 0.3) is 0 Å². The number of nitrogens with zero attached hydrogens (tertiary/aromatic N) is 1. The van der Waals surface area contributed by atoms with E-state index < -0.39 is 0 Å². The molecule has 29 heavy (non-hydrogen) atoms. The molecule has 5 fully saturated rings. The maximum atomic E-state index is 13.3. The molecule has 0 spiro atoms. The predicted molar refractivity (Wildman–Crippen MR) is 110 cm³/mol. The van der Waals surface area contributed by atoms with Crippen molar-refractivity contribution in [1.82, 2.24) is 10.2 Å². The Balaban J connectivity index is 1.21. The Morgan fingerprint density at radius 2 is 1.79 bits per heavy atom. The van der Waals surface area contributed by atoms with Gasteiger partial charge < -0.3 is 20.6 Å². The number of nitrogens with one attached hydrogen (secondary N) is 2. The highest BCUT2D eigenvalue weighted by Gasteiger charge is 2.58. The monoisotopic (exact) mass is 397 g/mol. The molecule has 2 unspecified atom stereocenters. The summed E-state index contributed by atoms with van der Waals surface area (Å²) in [5.41, 5.74) is 0.500. The lowest BCUT2D eigenvalue weighted by Crippen LogP contribution is -2.60. The van der Waals surface area contributed by atoms with E-state index in [0.717, 1.165) is 50.6 Å². The SMILES string of the molecule is O=C(Nc1ccccc1)N1CCC[C@H](NC(=O)C23CC4CC(C2)C(O)C(C4)C3)C1. The van der Waals surface area contributed by atoms with E-state index in [-0.39, 0.29) is 29.5 Å². The first-order valence-electron chi connectivity index (χ1n) is 11.1. The zero-order chi connectivity index (χ0) is 20.0. The van der Waals surface area contributed by atoms with Crippen molar-refractivity contribution in [3.63, 3.8) is 0 Å². The van der Waals surface area contributed by atoms with E-state index in [0.29, 0.717) is 30.8 Å². The Morgan fingerprint density at radius 3 is 2.52 bits per heavy atom. The number of aliphatic hydroxyl groups excluding tert-OH is 1. The van der Waals surface area contributed by atoms with Crippen molar-refractivity contribution in [1.29, 1.82) is 0 Å². The number of para-hydroxylation sites is 1. The minimum atomic E-state index is -0.287. The van der Waals surface area contributed by atoms with E-state index in [4.69, 9.17) is 0 Å². The molecule has 6 nitrogen and oxygen atoms in total. The van der Waals surface area contributed by atoms with Crippen LogP contribution >= 0.6 is 0 Å². The number of carbonyl (C=O) groups is 2. The molecule has 5 aliphatic rings. The van der Waals surface area contributed by atoms with Crippen molar-refractivity contribution in [2.24, 2.45) is 23.2 Å². The standard InChI is InChI=1S/C23H31N3O3/c27-20-16-9-15-10-17(20)13-23(11-15,12-16)21(28)24-19-7-4-8-26(14-19)22(29)25-18-5-2-1-3-6-18/h1-3,5-6,15-17,19-20,27H,4,7-14H2,(H,24,28)(H,25,29)/t15?,16?,17?,19-,20?,23?/m0/s1. The molecule has 1 aromatic carbocycles. The zero-order valence-electron chi connectivity index (χ0n) is 16.8. The molecule has 1 aliphatic heterocycles. The Bertz CT molecular complexity index is 767. The molecule has 6 heteroatoms. The highest BCUT2D eigenvalue weighted by molar-refractivity contribution is 5.89. The van der Waals surface area contributed by atoms with Gasteiger partial charge in [0, 0.05) is 24.8 Å². The van der Waals surface area contributed by atoms with Crippen LogP contribution in [0.2, 0.25) is 0 Å². The summed E-state index contributed by atoms with van der Waals surface area (Å²) in [7, 11) is 0. The van der Waals surface area contributed by atoms with Gasteiger partial charge in [-0.2, -0.15) is 0 Å². The minimum Gasteiger partial charge on any atom is -0.393 e. The summed E-state index contributed by atoms with van der Waals surface area (Å²) < 4.78 is 0. The number of carbonyl (C=O) groups excluding carboxylic acids is 2. The van der Waals surface area contributed by atoms with E-state index in [1.54, 1.807) is 0 Å². The Hall–Kier alpha value is -2.08. The van der Waals surface area contributed by atoms with Crippen LogP contribution in [-0.4, -0.2) is 47.2 Å². The molecule has 3 N–H and O–H groups in total. The molecule has 0 radical (unpaired) electrons. The van der Waals surface area contributed by atoms with Gasteiger partial charge in [0.25, 0.3) is 0 Å². The van der Waals surface area contributed by atoms with E-state index >= 15 is 0 Å². The molecule has 3 amide bonds. The molecule has 156 valence electrons. The second-order valence-corrected chi connectivity index (χ2v) is 9.80. The molecule has 4 saturated carbocycles. The number of urea groups is 1. The average Bonchev–Trinajstić information content (AvgIpc) is 2.72. The molecule has 1 heterocycles. The predicted octanol–water partition coefficient (Wildman–Crippen LogP) is 2.99. The Kier molecular flexibility index (Phi) is 4.77. The molecule has 1 aromatic rings. The molecule has 4 aliphatic carbocycles. The smallest absolute Gasteiger partial charge is 0.321 e. The summed E-state index contributed by atoms with van der Waals surface area (Å²) >= 11 is 0. The largest absolute Gasteiger partial charge is 0.393 e. The molecule has 6 rings (SSSR count). The third kappa shape index (κ3) is 3.52. The highest BCUT2D eigenvalue weighted by Crippen LogP contribution is 2.60.